The van der Waals surface area contributed by atoms with E-state index in [1.807, 2.05) is 0 Å². The highest BCUT2D eigenvalue weighted by Crippen LogP contribution is 2.29. The predicted molar refractivity (Wildman–Crippen MR) is 89.9 cm³/mol. The molecule has 1 aromatic carbocycles. The molecule has 0 saturated carbocycles. The minimum absolute atomic E-state index is 0.167. The quantitative estimate of drug-likeness (QED) is 0.650. The summed E-state index contributed by atoms with van der Waals surface area (Å²) in [5.74, 6) is -1.75. The zero-order valence-electron chi connectivity index (χ0n) is 13.1. The highest BCUT2D eigenvalue weighted by atomic mass is 79.9. The molecule has 2 aliphatic heterocycles. The monoisotopic (exact) mass is 413 g/mol. The lowest BCUT2D eigenvalue weighted by Crippen LogP contribution is -2.67. The van der Waals surface area contributed by atoms with Crippen molar-refractivity contribution in [2.45, 2.75) is 30.8 Å². The average Bonchev–Trinajstić information content (AvgIpc) is 3.07. The van der Waals surface area contributed by atoms with Gasteiger partial charge in [-0.05, 0) is 25.0 Å². The van der Waals surface area contributed by atoms with Crippen LogP contribution in [0.4, 0.5) is 9.18 Å². The molecule has 134 valence electrons. The zero-order valence-corrected chi connectivity index (χ0v) is 14.7. The summed E-state index contributed by atoms with van der Waals surface area (Å²) < 4.78 is 20.9. The normalized spacial score (nSPS) is 29.4. The molecule has 7 nitrogen and oxygen atoms in total. The van der Waals surface area contributed by atoms with Gasteiger partial charge >= 0.3 is 6.03 Å². The van der Waals surface area contributed by atoms with Gasteiger partial charge in [0.2, 0.25) is 11.4 Å². The van der Waals surface area contributed by atoms with Crippen molar-refractivity contribution in [2.75, 3.05) is 6.61 Å². The molecule has 4 N–H and O–H groups in total. The lowest BCUT2D eigenvalue weighted by molar-refractivity contribution is -0.0394. The van der Waals surface area contributed by atoms with Crippen LogP contribution in [-0.2, 0) is 4.74 Å². The van der Waals surface area contributed by atoms with Crippen molar-refractivity contribution in [1.82, 2.24) is 10.2 Å². The molecule has 3 rings (SSSR count). The second-order valence-electron chi connectivity index (χ2n) is 5.93. The van der Waals surface area contributed by atoms with Crippen LogP contribution in [-0.4, -0.2) is 46.4 Å². The zero-order chi connectivity index (χ0) is 18.2. The van der Waals surface area contributed by atoms with E-state index in [4.69, 9.17) is 15.6 Å². The Labute approximate surface area is 151 Å². The number of carbonyl (C=O) groups excluding carboxylic acids is 2. The molecule has 9 heteroatoms. The van der Waals surface area contributed by atoms with Gasteiger partial charge in [-0.1, -0.05) is 28.1 Å². The van der Waals surface area contributed by atoms with Gasteiger partial charge in [-0.15, -0.1) is 0 Å². The first-order valence-corrected chi connectivity index (χ1v) is 8.48. The Kier molecular flexibility index (Phi) is 4.92. The summed E-state index contributed by atoms with van der Waals surface area (Å²) in [5, 5.41) is 11.3. The van der Waals surface area contributed by atoms with Crippen LogP contribution in [0.25, 0.3) is 0 Å². The van der Waals surface area contributed by atoms with Gasteiger partial charge < -0.3 is 15.2 Å². The van der Waals surface area contributed by atoms with Gasteiger partial charge in [0.15, 0.2) is 5.83 Å². The maximum atomic E-state index is 14.6. The van der Waals surface area contributed by atoms with Crippen molar-refractivity contribution >= 4 is 27.7 Å². The SMILES string of the molecule is NC1(C(=O)c2ccc(Br)cc2)NC(=O)N([C@H]2CC[C@@H](CO)O2)C=C1F. The number of halogens is 2. The van der Waals surface area contributed by atoms with Crippen LogP contribution >= 0.6 is 15.9 Å². The summed E-state index contributed by atoms with van der Waals surface area (Å²) in [5.41, 5.74) is 3.78. The smallest absolute Gasteiger partial charge is 0.325 e. The Balaban J connectivity index is 1.84. The lowest BCUT2D eigenvalue weighted by atomic mass is 9.96. The van der Waals surface area contributed by atoms with Crippen molar-refractivity contribution < 1.29 is 23.8 Å². The summed E-state index contributed by atoms with van der Waals surface area (Å²) in [4.78, 5) is 26.0. The number of benzene rings is 1. The Morgan fingerprint density at radius 1 is 1.44 bits per heavy atom. The molecule has 2 amide bonds. The minimum atomic E-state index is -2.27. The van der Waals surface area contributed by atoms with E-state index in [-0.39, 0.29) is 12.2 Å². The van der Waals surface area contributed by atoms with E-state index in [9.17, 15) is 14.0 Å². The molecular formula is C16H17BrFN3O4. The van der Waals surface area contributed by atoms with Crippen LogP contribution in [0.3, 0.4) is 0 Å². The number of hydrogen-bond acceptors (Lipinski definition) is 5. The van der Waals surface area contributed by atoms with Crippen molar-refractivity contribution in [2.24, 2.45) is 5.73 Å². The number of rotatable bonds is 4. The fraction of sp³-hybridized carbons (Fsp3) is 0.375. The second kappa shape index (κ2) is 6.83. The number of aliphatic hydroxyl groups excluding tert-OH is 1. The van der Waals surface area contributed by atoms with Gasteiger partial charge in [0.1, 0.15) is 6.23 Å². The number of amides is 2. The molecule has 0 aromatic heterocycles. The van der Waals surface area contributed by atoms with Crippen molar-refractivity contribution in [3.8, 4) is 0 Å². The summed E-state index contributed by atoms with van der Waals surface area (Å²) in [6.07, 6.45) is 0.769. The Bertz CT molecular complexity index is 727. The first-order valence-electron chi connectivity index (χ1n) is 7.69. The summed E-state index contributed by atoms with van der Waals surface area (Å²) in [6.45, 7) is -0.180. The number of Topliss-reactive ketones (excluding diaryl/α,β-unsaturated/α-hetero) is 1. The van der Waals surface area contributed by atoms with E-state index < -0.39 is 35.6 Å². The second-order valence-corrected chi connectivity index (χ2v) is 6.85. The van der Waals surface area contributed by atoms with Gasteiger partial charge in [0.25, 0.3) is 0 Å². The highest BCUT2D eigenvalue weighted by molar-refractivity contribution is 9.10. The molecule has 2 heterocycles. The molecule has 25 heavy (non-hydrogen) atoms. The summed E-state index contributed by atoms with van der Waals surface area (Å²) in [7, 11) is 0. The largest absolute Gasteiger partial charge is 0.394 e. The van der Waals surface area contributed by atoms with E-state index >= 15 is 0 Å². The first-order chi connectivity index (χ1) is 11.8. The fourth-order valence-electron chi connectivity index (χ4n) is 2.81. The number of nitrogens with zero attached hydrogens (tertiary/aromatic N) is 1. The molecule has 0 aliphatic carbocycles. The van der Waals surface area contributed by atoms with Gasteiger partial charge in [-0.3, -0.25) is 15.4 Å². The molecule has 1 saturated heterocycles. The molecule has 0 spiro atoms. The molecule has 1 fully saturated rings. The predicted octanol–water partition coefficient (Wildman–Crippen LogP) is 1.62. The van der Waals surface area contributed by atoms with Gasteiger partial charge in [-0.2, -0.15) is 0 Å². The van der Waals surface area contributed by atoms with Crippen LogP contribution in [0.1, 0.15) is 23.2 Å². The van der Waals surface area contributed by atoms with Crippen LogP contribution < -0.4 is 11.1 Å². The van der Waals surface area contributed by atoms with Crippen molar-refractivity contribution in [1.29, 1.82) is 0 Å². The van der Waals surface area contributed by atoms with Crippen LogP contribution in [0.2, 0.25) is 0 Å². The van der Waals surface area contributed by atoms with Crippen LogP contribution in [0, 0.1) is 0 Å². The van der Waals surface area contributed by atoms with Gasteiger partial charge in [0, 0.05) is 16.2 Å². The number of aliphatic hydroxyl groups is 1. The number of nitrogens with one attached hydrogen (secondary N) is 1. The molecule has 3 atom stereocenters. The van der Waals surface area contributed by atoms with E-state index in [2.05, 4.69) is 21.2 Å². The van der Waals surface area contributed by atoms with Crippen molar-refractivity contribution in [3.63, 3.8) is 0 Å². The summed E-state index contributed by atoms with van der Waals surface area (Å²) >= 11 is 3.25. The fourth-order valence-corrected chi connectivity index (χ4v) is 3.07. The minimum Gasteiger partial charge on any atom is -0.394 e. The topological polar surface area (TPSA) is 105 Å². The lowest BCUT2D eigenvalue weighted by Gasteiger charge is -2.37. The number of hydrogen-bond donors (Lipinski definition) is 3. The van der Waals surface area contributed by atoms with Crippen LogP contribution in [0.15, 0.2) is 40.8 Å². The molecule has 1 unspecified atom stereocenters. The van der Waals surface area contributed by atoms with Crippen molar-refractivity contribution in [3.05, 3.63) is 46.3 Å². The third kappa shape index (κ3) is 3.32. The Morgan fingerprint density at radius 3 is 2.72 bits per heavy atom. The maximum Gasteiger partial charge on any atom is 0.325 e. The number of ether oxygens (including phenoxy) is 1. The number of ketones is 1. The number of carbonyl (C=O) groups is 2. The number of urea groups is 1. The Hall–Kier alpha value is -1.81. The average molecular weight is 414 g/mol. The van der Waals surface area contributed by atoms with E-state index in [1.54, 1.807) is 12.1 Å². The van der Waals surface area contributed by atoms with E-state index in [1.165, 1.54) is 12.1 Å². The van der Waals surface area contributed by atoms with Gasteiger partial charge in [0.05, 0.1) is 12.7 Å². The first kappa shape index (κ1) is 18.0. The maximum absolute atomic E-state index is 14.6. The molecule has 0 radical (unpaired) electrons. The van der Waals surface area contributed by atoms with E-state index in [0.717, 1.165) is 15.6 Å². The standard InChI is InChI=1S/C16H17BrFN3O4/c17-10-3-1-9(2-4-10)14(23)16(19)12(18)7-21(15(24)20-16)13-6-5-11(8-22)25-13/h1-4,7,11,13,22H,5-6,8,19H2,(H,20,24)/t11-,13+,16?/m0/s1. The number of nitrogens with two attached hydrogens (primary N) is 1. The molecule has 0 bridgehead atoms. The summed E-state index contributed by atoms with van der Waals surface area (Å²) in [6, 6.07) is 5.47. The Morgan fingerprint density at radius 2 is 2.12 bits per heavy atom. The third-order valence-electron chi connectivity index (χ3n) is 4.23. The molecular weight excluding hydrogens is 397 g/mol. The molecule has 2 aliphatic rings. The highest BCUT2D eigenvalue weighted by Gasteiger charge is 2.47. The van der Waals surface area contributed by atoms with Crippen LogP contribution in [0.5, 0.6) is 0 Å². The molecule has 1 aromatic rings. The van der Waals surface area contributed by atoms with E-state index in [0.29, 0.717) is 12.8 Å². The third-order valence-corrected chi connectivity index (χ3v) is 4.76. The van der Waals surface area contributed by atoms with Gasteiger partial charge in [-0.25, -0.2) is 9.18 Å².